The third-order valence-electron chi connectivity index (χ3n) is 3.70. The Morgan fingerprint density at radius 3 is 2.21 bits per heavy atom. The first kappa shape index (κ1) is 18.4. The average Bonchev–Trinajstić information content (AvgIpc) is 2.51. The van der Waals surface area contributed by atoms with Crippen LogP contribution in [-0.4, -0.2) is 23.3 Å². The van der Waals surface area contributed by atoms with Gasteiger partial charge in [-0.05, 0) is 30.5 Å². The molecule has 0 spiro atoms. The molecule has 0 fully saturated rings. The van der Waals surface area contributed by atoms with Gasteiger partial charge in [-0.1, -0.05) is 39.0 Å². The molecule has 1 N–H and O–H groups in total. The highest BCUT2D eigenvalue weighted by Gasteiger charge is 2.44. The van der Waals surface area contributed by atoms with E-state index in [-0.39, 0.29) is 17.5 Å². The third-order valence-corrected chi connectivity index (χ3v) is 6.32. The van der Waals surface area contributed by atoms with E-state index in [4.69, 9.17) is 4.52 Å². The molecule has 5 nitrogen and oxygen atoms in total. The van der Waals surface area contributed by atoms with Crippen LogP contribution in [0.25, 0.3) is 0 Å². The quantitative estimate of drug-likeness (QED) is 0.665. The van der Waals surface area contributed by atoms with Gasteiger partial charge in [0, 0.05) is 10.9 Å². The van der Waals surface area contributed by atoms with Crippen LogP contribution in [0.3, 0.4) is 0 Å². The number of carbonyl (C=O) groups is 2. The molecule has 1 atom stereocenters. The third kappa shape index (κ3) is 3.14. The summed E-state index contributed by atoms with van der Waals surface area (Å²) < 4.78 is 18.9. The van der Waals surface area contributed by atoms with Crippen LogP contribution in [0.1, 0.15) is 27.7 Å². The highest BCUT2D eigenvalue weighted by Crippen LogP contribution is 2.56. The van der Waals surface area contributed by atoms with Crippen molar-refractivity contribution >= 4 is 24.2 Å². The van der Waals surface area contributed by atoms with Crippen molar-refractivity contribution in [3.05, 3.63) is 53.1 Å². The fraction of sp³-hybridized carbons (Fsp3) is 0.333. The zero-order valence-electron chi connectivity index (χ0n) is 14.2. The van der Waals surface area contributed by atoms with Crippen LogP contribution >= 0.6 is 7.37 Å². The number of benzene rings is 1. The second-order valence-corrected chi connectivity index (χ2v) is 8.83. The summed E-state index contributed by atoms with van der Waals surface area (Å²) in [4.78, 5) is 25.1. The van der Waals surface area contributed by atoms with E-state index in [9.17, 15) is 19.3 Å². The Labute approximate surface area is 141 Å². The van der Waals surface area contributed by atoms with Crippen LogP contribution in [0.4, 0.5) is 0 Å². The Hall–Kier alpha value is -1.97. The van der Waals surface area contributed by atoms with Gasteiger partial charge >= 0.3 is 0 Å². The van der Waals surface area contributed by atoms with Crippen LogP contribution in [0.15, 0.2) is 53.1 Å². The molecule has 0 saturated carbocycles. The van der Waals surface area contributed by atoms with Crippen molar-refractivity contribution < 1.29 is 23.8 Å². The fourth-order valence-corrected chi connectivity index (χ4v) is 4.73. The van der Waals surface area contributed by atoms with E-state index >= 15 is 0 Å². The van der Waals surface area contributed by atoms with Crippen molar-refractivity contribution in [2.45, 2.75) is 27.7 Å². The van der Waals surface area contributed by atoms with E-state index in [1.807, 2.05) is 0 Å². The number of ketones is 2. The lowest BCUT2D eigenvalue weighted by atomic mass is 9.81. The number of hydrogen-bond acceptors (Lipinski definition) is 5. The lowest BCUT2D eigenvalue weighted by molar-refractivity contribution is -0.118. The fourth-order valence-electron chi connectivity index (χ4n) is 2.53. The van der Waals surface area contributed by atoms with Crippen LogP contribution < -0.4 is 5.30 Å². The van der Waals surface area contributed by atoms with E-state index in [1.54, 1.807) is 58.0 Å². The van der Waals surface area contributed by atoms with Gasteiger partial charge in [-0.25, -0.2) is 0 Å². The minimum atomic E-state index is -3.86. The van der Waals surface area contributed by atoms with Crippen molar-refractivity contribution in [3.63, 3.8) is 0 Å². The summed E-state index contributed by atoms with van der Waals surface area (Å²) in [6.45, 7) is 7.00. The van der Waals surface area contributed by atoms with Crippen molar-refractivity contribution in [2.24, 2.45) is 5.41 Å². The van der Waals surface area contributed by atoms with Crippen molar-refractivity contribution in [3.8, 4) is 0 Å². The summed E-state index contributed by atoms with van der Waals surface area (Å²) in [6.07, 6.45) is 1.16. The molecule has 0 heterocycles. The lowest BCUT2D eigenvalue weighted by Gasteiger charge is -2.27. The van der Waals surface area contributed by atoms with Crippen molar-refractivity contribution in [1.29, 1.82) is 0 Å². The van der Waals surface area contributed by atoms with E-state index in [0.29, 0.717) is 0 Å². The maximum Gasteiger partial charge on any atom is 0.269 e. The van der Waals surface area contributed by atoms with Gasteiger partial charge < -0.3 is 9.63 Å². The predicted octanol–water partition coefficient (Wildman–Crippen LogP) is 3.52. The average molecular weight is 348 g/mol. The second kappa shape index (κ2) is 6.50. The molecule has 0 unspecified atom stereocenters. The molecule has 6 heteroatoms. The number of hydrogen-bond donors (Lipinski definition) is 1. The summed E-state index contributed by atoms with van der Waals surface area (Å²) in [5, 5.41) is 10.2. The van der Waals surface area contributed by atoms with Crippen LogP contribution in [0.5, 0.6) is 0 Å². The van der Waals surface area contributed by atoms with Crippen molar-refractivity contribution in [2.75, 3.05) is 6.61 Å². The molecule has 2 rings (SSSR count). The zero-order valence-corrected chi connectivity index (χ0v) is 15.1. The first-order valence-corrected chi connectivity index (χ1v) is 9.30. The van der Waals surface area contributed by atoms with Gasteiger partial charge in [0.25, 0.3) is 7.37 Å². The van der Waals surface area contributed by atoms with Gasteiger partial charge in [0.2, 0.25) is 5.78 Å². The Morgan fingerprint density at radius 1 is 1.12 bits per heavy atom. The van der Waals surface area contributed by atoms with E-state index in [1.165, 1.54) is 0 Å². The molecule has 24 heavy (non-hydrogen) atoms. The zero-order chi connectivity index (χ0) is 18.1. The topological polar surface area (TPSA) is 80.7 Å². The highest BCUT2D eigenvalue weighted by molar-refractivity contribution is 7.72. The van der Waals surface area contributed by atoms with E-state index in [2.05, 4.69) is 0 Å². The smallest absolute Gasteiger partial charge is 0.269 e. The van der Waals surface area contributed by atoms with Gasteiger partial charge in [0.1, 0.15) is 5.31 Å². The number of allylic oxidation sites excluding steroid dienone is 3. The molecule has 0 aliphatic heterocycles. The van der Waals surface area contributed by atoms with Gasteiger partial charge in [-0.15, -0.1) is 0 Å². The lowest BCUT2D eigenvalue weighted by Crippen LogP contribution is -2.28. The first-order valence-electron chi connectivity index (χ1n) is 7.68. The summed E-state index contributed by atoms with van der Waals surface area (Å²) in [5.41, 5.74) is -0.431. The molecule has 0 aromatic heterocycles. The van der Waals surface area contributed by atoms with Gasteiger partial charge in [-0.3, -0.25) is 14.2 Å². The van der Waals surface area contributed by atoms with E-state index in [0.717, 1.165) is 6.08 Å². The summed E-state index contributed by atoms with van der Waals surface area (Å²) >= 11 is 0. The second-order valence-electron chi connectivity index (χ2n) is 6.50. The number of aliphatic hydroxyl groups is 1. The van der Waals surface area contributed by atoms with Gasteiger partial charge in [0.15, 0.2) is 11.5 Å². The molecule has 0 saturated heterocycles. The first-order chi connectivity index (χ1) is 11.1. The van der Waals surface area contributed by atoms with Crippen LogP contribution in [-0.2, 0) is 18.7 Å². The molecule has 128 valence electrons. The monoisotopic (exact) mass is 348 g/mol. The van der Waals surface area contributed by atoms with E-state index < -0.39 is 35.4 Å². The maximum absolute atomic E-state index is 13.5. The number of aliphatic hydroxyl groups excluding tert-OH is 1. The summed E-state index contributed by atoms with van der Waals surface area (Å²) in [5.74, 6) is -2.13. The molecular formula is C18H21O5P. The minimum absolute atomic E-state index is 0.0697. The Morgan fingerprint density at radius 2 is 1.71 bits per heavy atom. The standard InChI is InChI=1S/C18H21O5P/c1-5-23-24(22,12-9-7-6-8-10-12)17-14(19)11-13(18(2,3)4)15(20)16(17)21/h6-11,21H,5H2,1-4H3/t24-/m1/s1. The predicted molar refractivity (Wildman–Crippen MR) is 92.5 cm³/mol. The molecule has 0 bridgehead atoms. The Bertz CT molecular complexity index is 781. The van der Waals surface area contributed by atoms with Gasteiger partial charge in [-0.2, -0.15) is 0 Å². The molecule has 1 aliphatic rings. The maximum atomic E-state index is 13.5. The molecular weight excluding hydrogens is 327 g/mol. The molecule has 1 aromatic carbocycles. The SMILES string of the molecule is CCO[P@@](=O)(C1=C(O)C(=O)C(C(C)(C)C)=CC1=O)c1ccccc1. The Balaban J connectivity index is 2.65. The molecule has 1 aromatic rings. The molecule has 0 radical (unpaired) electrons. The van der Waals surface area contributed by atoms with Crippen LogP contribution in [0, 0.1) is 5.41 Å². The highest BCUT2D eigenvalue weighted by atomic mass is 31.2. The number of Topliss-reactive ketones (excluding diaryl/α,β-unsaturated/α-hetero) is 1. The van der Waals surface area contributed by atoms with Crippen molar-refractivity contribution in [1.82, 2.24) is 0 Å². The molecule has 0 amide bonds. The van der Waals surface area contributed by atoms with Gasteiger partial charge in [0.05, 0.1) is 6.61 Å². The normalized spacial score (nSPS) is 18.4. The number of carbonyl (C=O) groups excluding carboxylic acids is 2. The summed E-state index contributed by atoms with van der Waals surface area (Å²) in [7, 11) is -3.86. The number of rotatable bonds is 4. The summed E-state index contributed by atoms with van der Waals surface area (Å²) in [6, 6.07) is 8.16. The largest absolute Gasteiger partial charge is 0.503 e. The van der Waals surface area contributed by atoms with Crippen LogP contribution in [0.2, 0.25) is 0 Å². The molecule has 1 aliphatic carbocycles. The Kier molecular flexibility index (Phi) is 4.97. The minimum Gasteiger partial charge on any atom is -0.503 e.